The van der Waals surface area contributed by atoms with Crippen LogP contribution in [0.4, 0.5) is 5.13 Å². The van der Waals surface area contributed by atoms with Crippen molar-refractivity contribution in [3.05, 3.63) is 33.3 Å². The van der Waals surface area contributed by atoms with Crippen molar-refractivity contribution in [3.8, 4) is 0 Å². The molecule has 32 heavy (non-hydrogen) atoms. The number of aliphatic carboxylic acids is 1. The molecular formula is C16H15N6NaO6S3. The molecule has 0 spiro atoms. The van der Waals surface area contributed by atoms with Crippen LogP contribution < -0.4 is 51.0 Å². The number of anilines is 1. The van der Waals surface area contributed by atoms with Gasteiger partial charge in [-0.2, -0.15) is 0 Å². The van der Waals surface area contributed by atoms with Gasteiger partial charge in [0.15, 0.2) is 10.8 Å². The number of carbonyl (C=O) groups excluding carboxylic acids is 4. The minimum atomic E-state index is -1.53. The number of thioether (sulfide) groups is 2. The predicted octanol–water partition coefficient (Wildman–Crippen LogP) is -4.39. The van der Waals surface area contributed by atoms with Crippen LogP contribution in [-0.4, -0.2) is 61.7 Å². The van der Waals surface area contributed by atoms with Crippen molar-refractivity contribution in [1.29, 1.82) is 0 Å². The molecule has 1 aromatic rings. The van der Waals surface area contributed by atoms with Gasteiger partial charge in [0.05, 0.1) is 11.7 Å². The molecule has 1 fully saturated rings. The fraction of sp³-hybridized carbons (Fsp3) is 0.250. The van der Waals surface area contributed by atoms with E-state index in [0.717, 1.165) is 28.0 Å². The smallest absolute Gasteiger partial charge is 0.543 e. The maximum absolute atomic E-state index is 12.6. The second kappa shape index (κ2) is 11.2. The number of nitrogens with one attached hydrogen (secondary N) is 2. The van der Waals surface area contributed by atoms with Gasteiger partial charge in [0.25, 0.3) is 11.8 Å². The molecule has 1 aromatic heterocycles. The van der Waals surface area contributed by atoms with Gasteiger partial charge >= 0.3 is 29.6 Å². The van der Waals surface area contributed by atoms with Crippen LogP contribution in [0.15, 0.2) is 32.7 Å². The van der Waals surface area contributed by atoms with Crippen LogP contribution in [0.1, 0.15) is 12.6 Å². The Bertz CT molecular complexity index is 1040. The summed E-state index contributed by atoms with van der Waals surface area (Å²) in [6.45, 7) is 1.32. The molecule has 0 aromatic carbocycles. The molecule has 2 aliphatic heterocycles. The van der Waals surface area contributed by atoms with E-state index in [1.807, 2.05) is 0 Å². The first kappa shape index (κ1) is 26.2. The topological polar surface area (TPSA) is 190 Å². The van der Waals surface area contributed by atoms with Gasteiger partial charge in [0, 0.05) is 29.2 Å². The number of nitrogen functional groups attached to an aromatic ring is 1. The van der Waals surface area contributed by atoms with E-state index in [-0.39, 0.29) is 57.7 Å². The largest absolute Gasteiger partial charge is 1.00 e. The van der Waals surface area contributed by atoms with Crippen molar-refractivity contribution in [2.75, 3.05) is 11.5 Å². The first-order valence-electron chi connectivity index (χ1n) is 8.46. The summed E-state index contributed by atoms with van der Waals surface area (Å²) in [5.74, 6) is -3.09. The molecular weight excluding hydrogens is 491 g/mol. The number of nitrogens with two attached hydrogens (primary N) is 1. The zero-order chi connectivity index (χ0) is 22.7. The number of aromatic nitrogens is 1. The van der Waals surface area contributed by atoms with Crippen LogP contribution in [0.25, 0.3) is 0 Å². The third-order valence-electron chi connectivity index (χ3n) is 4.06. The fourth-order valence-electron chi connectivity index (χ4n) is 2.76. The summed E-state index contributed by atoms with van der Waals surface area (Å²) in [5.41, 5.74) is 4.85. The van der Waals surface area contributed by atoms with Crippen LogP contribution in [-0.2, 0) is 19.2 Å². The molecule has 0 saturated carbocycles. The Kier molecular flexibility index (Phi) is 9.18. The second-order valence-corrected chi connectivity index (χ2v) is 9.06. The molecule has 3 heterocycles. The van der Waals surface area contributed by atoms with Crippen molar-refractivity contribution >= 4 is 69.4 Å². The number of carboxylic acid groups (broad SMARTS) is 1. The van der Waals surface area contributed by atoms with E-state index in [9.17, 15) is 24.3 Å². The van der Waals surface area contributed by atoms with Crippen LogP contribution in [0.3, 0.4) is 0 Å². The number of carbonyl (C=O) groups is 4. The molecule has 3 rings (SSSR count). The number of hydrogen-bond donors (Lipinski definition) is 4. The average molecular weight is 507 g/mol. The summed E-state index contributed by atoms with van der Waals surface area (Å²) < 4.78 is 0. The first-order chi connectivity index (χ1) is 14.7. The predicted molar refractivity (Wildman–Crippen MR) is 112 cm³/mol. The molecule has 164 valence electrons. The number of hydrogen-bond acceptors (Lipinski definition) is 12. The Hall–Kier alpha value is -2.04. The quantitative estimate of drug-likeness (QED) is 0.0923. The maximum Gasteiger partial charge on any atom is 1.00 e. The van der Waals surface area contributed by atoms with Crippen LogP contribution >= 0.6 is 34.9 Å². The Morgan fingerprint density at radius 1 is 1.47 bits per heavy atom. The third kappa shape index (κ3) is 5.47. The number of β-lactam (4-membered cyclic amide) rings is 1. The fourth-order valence-corrected chi connectivity index (χ4v) is 5.57. The Morgan fingerprint density at radius 3 is 2.75 bits per heavy atom. The monoisotopic (exact) mass is 506 g/mol. The molecule has 1 unspecified atom stereocenters. The third-order valence-corrected chi connectivity index (χ3v) is 7.09. The van der Waals surface area contributed by atoms with Crippen LogP contribution in [0.2, 0.25) is 0 Å². The Morgan fingerprint density at radius 2 is 2.19 bits per heavy atom. The van der Waals surface area contributed by atoms with Gasteiger partial charge in [-0.05, 0) is 5.41 Å². The number of amides is 3. The van der Waals surface area contributed by atoms with Gasteiger partial charge in [-0.15, -0.1) is 23.1 Å². The molecule has 5 N–H and O–H groups in total. The zero-order valence-corrected chi connectivity index (χ0v) is 21.2. The SMILES string of the molecule is CC(=O)N/C=C/SC1=C(C(=O)[O-])N2C(=O)C(NC(=O)/C(=N\O)c3csc(N)n3)[C@H]2SC1.[Na+]. The van der Waals surface area contributed by atoms with E-state index in [2.05, 4.69) is 20.8 Å². The molecule has 0 aliphatic carbocycles. The molecule has 0 bridgehead atoms. The number of rotatable bonds is 7. The standard InChI is InChI=1S/C16H16N6O6S3.Na/c1-6(23)18-2-3-29-8-5-30-14-10(13(25)22(14)11(8)15(26)27)20-12(24)9(21-28)7-4-31-16(17)19-7;/h2-4,10,14,28H,5H2,1H3,(H2,17,19)(H,18,23)(H,20,24)(H,26,27);/q;+1/p-1/b3-2+,21-9-;/t10?,14-;/m1./s1. The molecule has 12 nitrogen and oxygen atoms in total. The zero-order valence-electron chi connectivity index (χ0n) is 16.7. The van der Waals surface area contributed by atoms with Crippen LogP contribution in [0, 0.1) is 0 Å². The first-order valence-corrected chi connectivity index (χ1v) is 11.3. The van der Waals surface area contributed by atoms with E-state index in [0.29, 0.717) is 4.91 Å². The number of thiazole rings is 1. The molecule has 1 saturated heterocycles. The van der Waals surface area contributed by atoms with Gasteiger partial charge in [-0.25, -0.2) is 4.98 Å². The van der Waals surface area contributed by atoms with Crippen molar-refractivity contribution in [3.63, 3.8) is 0 Å². The van der Waals surface area contributed by atoms with Gasteiger partial charge in [0.2, 0.25) is 5.91 Å². The Balaban J connectivity index is 0.00000363. The van der Waals surface area contributed by atoms with Crippen molar-refractivity contribution < 1.29 is 59.0 Å². The summed E-state index contributed by atoms with van der Waals surface area (Å²) in [6, 6.07) is -1.03. The van der Waals surface area contributed by atoms with Gasteiger partial charge in [-0.3, -0.25) is 19.3 Å². The summed E-state index contributed by atoms with van der Waals surface area (Å²) in [5, 5.41) is 31.0. The summed E-state index contributed by atoms with van der Waals surface area (Å²) in [6.07, 6.45) is 1.35. The number of carboxylic acids is 1. The number of nitrogens with zero attached hydrogens (tertiary/aromatic N) is 3. The van der Waals surface area contributed by atoms with Gasteiger partial charge in [-0.1, -0.05) is 16.9 Å². The summed E-state index contributed by atoms with van der Waals surface area (Å²) in [4.78, 5) is 52.9. The van der Waals surface area contributed by atoms with E-state index in [1.54, 1.807) is 0 Å². The normalized spacial score (nSPS) is 20.3. The molecule has 2 atom stereocenters. The molecule has 2 aliphatic rings. The van der Waals surface area contributed by atoms with Gasteiger partial charge in [0.1, 0.15) is 17.1 Å². The van der Waals surface area contributed by atoms with E-state index in [1.165, 1.54) is 35.7 Å². The average Bonchev–Trinajstić information content (AvgIpc) is 3.14. The summed E-state index contributed by atoms with van der Waals surface area (Å²) >= 11 is 3.32. The Labute approximate surface area is 216 Å². The van der Waals surface area contributed by atoms with Crippen molar-refractivity contribution in [1.82, 2.24) is 20.5 Å². The van der Waals surface area contributed by atoms with E-state index in [4.69, 9.17) is 10.9 Å². The second-order valence-electron chi connectivity index (χ2n) is 6.06. The molecule has 3 amide bonds. The van der Waals surface area contributed by atoms with E-state index < -0.39 is 34.9 Å². The number of fused-ring (bicyclic) bond motifs is 1. The molecule has 16 heteroatoms. The van der Waals surface area contributed by atoms with Gasteiger partial charge < -0.3 is 31.5 Å². The minimum absolute atomic E-state index is 0. The van der Waals surface area contributed by atoms with Crippen molar-refractivity contribution in [2.24, 2.45) is 5.16 Å². The van der Waals surface area contributed by atoms with Crippen molar-refractivity contribution in [2.45, 2.75) is 18.3 Å². The maximum atomic E-state index is 12.6. The number of oxime groups is 1. The van der Waals surface area contributed by atoms with Crippen LogP contribution in [0.5, 0.6) is 0 Å². The summed E-state index contributed by atoms with van der Waals surface area (Å²) in [7, 11) is 0. The molecule has 0 radical (unpaired) electrons. The minimum Gasteiger partial charge on any atom is -0.543 e. The van der Waals surface area contributed by atoms with E-state index >= 15 is 0 Å².